The van der Waals surface area contributed by atoms with Gasteiger partial charge in [-0.3, -0.25) is 4.79 Å². The molecule has 2 fully saturated rings. The van der Waals surface area contributed by atoms with Crippen LogP contribution < -0.4 is 0 Å². The summed E-state index contributed by atoms with van der Waals surface area (Å²) in [5, 5.41) is 0. The standard InChI is InChI=1S/C21H27NO2.ClH/c23-20-19(18-9-5-2-6-10-18)16-24-21(20)11-13-22(14-12-21)15-17-7-3-1-4-8-17;/h2,5-6,9-10,16-17H,1,3-4,7-8,11-15H2;1H. The van der Waals surface area contributed by atoms with Crippen LogP contribution >= 0.6 is 12.4 Å². The van der Waals surface area contributed by atoms with E-state index in [0.717, 1.165) is 43.0 Å². The van der Waals surface area contributed by atoms with Gasteiger partial charge in [0, 0.05) is 32.5 Å². The van der Waals surface area contributed by atoms with Crippen molar-refractivity contribution in [3.63, 3.8) is 0 Å². The molecule has 0 amide bonds. The summed E-state index contributed by atoms with van der Waals surface area (Å²) in [5.74, 6) is 1.05. The molecule has 0 atom stereocenters. The van der Waals surface area contributed by atoms with Gasteiger partial charge in [-0.1, -0.05) is 49.6 Å². The van der Waals surface area contributed by atoms with Crippen LogP contribution in [-0.4, -0.2) is 35.9 Å². The molecule has 0 bridgehead atoms. The zero-order valence-corrected chi connectivity index (χ0v) is 15.6. The van der Waals surface area contributed by atoms with Crippen LogP contribution in [0.4, 0.5) is 0 Å². The third kappa shape index (κ3) is 3.78. The Labute approximate surface area is 156 Å². The minimum absolute atomic E-state index is 0. The van der Waals surface area contributed by atoms with E-state index >= 15 is 0 Å². The lowest BCUT2D eigenvalue weighted by Crippen LogP contribution is -2.49. The molecular formula is C21H28ClNO2. The minimum Gasteiger partial charge on any atom is -0.486 e. The fraction of sp³-hybridized carbons (Fsp3) is 0.571. The zero-order valence-electron chi connectivity index (χ0n) is 14.8. The number of rotatable bonds is 3. The van der Waals surface area contributed by atoms with Gasteiger partial charge in [-0.2, -0.15) is 0 Å². The fourth-order valence-corrected chi connectivity index (χ4v) is 4.52. The van der Waals surface area contributed by atoms with Crippen molar-refractivity contribution in [1.29, 1.82) is 0 Å². The van der Waals surface area contributed by atoms with Gasteiger partial charge in [0.1, 0.15) is 0 Å². The van der Waals surface area contributed by atoms with Crippen LogP contribution in [0, 0.1) is 5.92 Å². The van der Waals surface area contributed by atoms with Crippen molar-refractivity contribution in [2.45, 2.75) is 50.5 Å². The normalized spacial score (nSPS) is 23.8. The number of likely N-dealkylation sites (tertiary alicyclic amines) is 1. The molecule has 1 saturated carbocycles. The number of Topliss-reactive ketones (excluding diaryl/α,β-unsaturated/α-hetero) is 1. The first-order chi connectivity index (χ1) is 11.8. The molecule has 3 aliphatic rings. The maximum absolute atomic E-state index is 13.0. The molecule has 1 spiro atoms. The molecular weight excluding hydrogens is 334 g/mol. The Hall–Kier alpha value is -1.32. The topological polar surface area (TPSA) is 29.5 Å². The lowest BCUT2D eigenvalue weighted by molar-refractivity contribution is -0.133. The van der Waals surface area contributed by atoms with E-state index in [2.05, 4.69) is 4.90 Å². The lowest BCUT2D eigenvalue weighted by Gasteiger charge is -2.39. The van der Waals surface area contributed by atoms with Gasteiger partial charge in [-0.05, 0) is 24.3 Å². The Kier molecular flexibility index (Phi) is 5.85. The molecule has 1 saturated heterocycles. The Morgan fingerprint density at radius 3 is 2.40 bits per heavy atom. The average molecular weight is 362 g/mol. The second-order valence-electron chi connectivity index (χ2n) is 7.64. The van der Waals surface area contributed by atoms with Crippen LogP contribution in [0.5, 0.6) is 0 Å². The predicted octanol–water partition coefficient (Wildman–Crippen LogP) is 4.46. The largest absolute Gasteiger partial charge is 0.486 e. The van der Waals surface area contributed by atoms with E-state index in [1.54, 1.807) is 6.26 Å². The molecule has 0 radical (unpaired) electrons. The van der Waals surface area contributed by atoms with Crippen molar-refractivity contribution in [3.8, 4) is 0 Å². The molecule has 0 N–H and O–H groups in total. The van der Waals surface area contributed by atoms with Gasteiger partial charge < -0.3 is 9.64 Å². The number of carbonyl (C=O) groups excluding carboxylic acids is 1. The van der Waals surface area contributed by atoms with E-state index in [4.69, 9.17) is 4.74 Å². The highest BCUT2D eigenvalue weighted by Gasteiger charge is 2.48. The number of piperidine rings is 1. The van der Waals surface area contributed by atoms with Crippen LogP contribution in [-0.2, 0) is 9.53 Å². The molecule has 25 heavy (non-hydrogen) atoms. The number of hydrogen-bond donors (Lipinski definition) is 0. The van der Waals surface area contributed by atoms with Crippen molar-refractivity contribution in [2.24, 2.45) is 5.92 Å². The second-order valence-corrected chi connectivity index (χ2v) is 7.64. The molecule has 2 aliphatic heterocycles. The van der Waals surface area contributed by atoms with Gasteiger partial charge in [0.25, 0.3) is 0 Å². The molecule has 0 unspecified atom stereocenters. The van der Waals surface area contributed by atoms with Crippen LogP contribution in [0.3, 0.4) is 0 Å². The first-order valence-electron chi connectivity index (χ1n) is 9.47. The van der Waals surface area contributed by atoms with E-state index in [-0.39, 0.29) is 18.2 Å². The highest BCUT2D eigenvalue weighted by molar-refractivity contribution is 6.26. The number of halogens is 1. The fourth-order valence-electron chi connectivity index (χ4n) is 4.52. The molecule has 1 aliphatic carbocycles. The smallest absolute Gasteiger partial charge is 0.210 e. The molecule has 2 heterocycles. The average Bonchev–Trinajstić information content (AvgIpc) is 2.95. The van der Waals surface area contributed by atoms with Crippen LogP contribution in [0.2, 0.25) is 0 Å². The van der Waals surface area contributed by atoms with Gasteiger partial charge >= 0.3 is 0 Å². The molecule has 3 nitrogen and oxygen atoms in total. The van der Waals surface area contributed by atoms with Crippen molar-refractivity contribution in [3.05, 3.63) is 42.2 Å². The lowest BCUT2D eigenvalue weighted by atomic mass is 9.83. The Balaban J connectivity index is 0.00000182. The minimum atomic E-state index is -0.589. The summed E-state index contributed by atoms with van der Waals surface area (Å²) in [7, 11) is 0. The van der Waals surface area contributed by atoms with Crippen molar-refractivity contribution >= 4 is 23.8 Å². The van der Waals surface area contributed by atoms with Crippen LogP contribution in [0.1, 0.15) is 50.5 Å². The summed E-state index contributed by atoms with van der Waals surface area (Å²) in [4.78, 5) is 15.5. The molecule has 0 aromatic heterocycles. The zero-order chi connectivity index (χ0) is 16.4. The van der Waals surface area contributed by atoms with E-state index < -0.39 is 5.60 Å². The van der Waals surface area contributed by atoms with Crippen molar-refractivity contribution in [2.75, 3.05) is 19.6 Å². The molecule has 1 aromatic carbocycles. The van der Waals surface area contributed by atoms with E-state index in [0.29, 0.717) is 0 Å². The summed E-state index contributed by atoms with van der Waals surface area (Å²) >= 11 is 0. The quantitative estimate of drug-likeness (QED) is 0.795. The van der Waals surface area contributed by atoms with E-state index in [1.807, 2.05) is 30.3 Å². The van der Waals surface area contributed by atoms with Crippen LogP contribution in [0.25, 0.3) is 5.57 Å². The molecule has 4 heteroatoms. The number of nitrogens with zero attached hydrogens (tertiary/aromatic N) is 1. The summed E-state index contributed by atoms with van der Waals surface area (Å²) in [6, 6.07) is 9.90. The maximum Gasteiger partial charge on any atom is 0.210 e. The number of ether oxygens (including phenoxy) is 1. The Morgan fingerprint density at radius 1 is 1.04 bits per heavy atom. The Bertz CT molecular complexity index is 614. The highest BCUT2D eigenvalue weighted by atomic mass is 35.5. The van der Waals surface area contributed by atoms with Gasteiger partial charge in [0.05, 0.1) is 11.8 Å². The maximum atomic E-state index is 13.0. The van der Waals surface area contributed by atoms with Crippen LogP contribution in [0.15, 0.2) is 36.6 Å². The van der Waals surface area contributed by atoms with Gasteiger partial charge in [-0.15, -0.1) is 12.4 Å². The SMILES string of the molecule is Cl.O=C1C(c2ccccc2)=COC12CCN(CC1CCCCC1)CC2. The van der Waals surface area contributed by atoms with E-state index in [9.17, 15) is 4.79 Å². The van der Waals surface area contributed by atoms with Gasteiger partial charge in [0.2, 0.25) is 5.78 Å². The van der Waals surface area contributed by atoms with Gasteiger partial charge in [-0.25, -0.2) is 0 Å². The third-order valence-electron chi connectivity index (χ3n) is 6.05. The number of benzene rings is 1. The number of ketones is 1. The molecule has 1 aromatic rings. The molecule has 136 valence electrons. The number of hydrogen-bond acceptors (Lipinski definition) is 3. The van der Waals surface area contributed by atoms with Crippen molar-refractivity contribution in [1.82, 2.24) is 4.90 Å². The Morgan fingerprint density at radius 2 is 1.72 bits per heavy atom. The van der Waals surface area contributed by atoms with Crippen molar-refractivity contribution < 1.29 is 9.53 Å². The summed E-state index contributed by atoms with van der Waals surface area (Å²) in [5.41, 5.74) is 1.13. The first-order valence-corrected chi connectivity index (χ1v) is 9.47. The molecule has 4 rings (SSSR count). The summed E-state index contributed by atoms with van der Waals surface area (Å²) in [6.45, 7) is 3.18. The summed E-state index contributed by atoms with van der Waals surface area (Å²) in [6.07, 6.45) is 10.3. The summed E-state index contributed by atoms with van der Waals surface area (Å²) < 4.78 is 5.96. The second kappa shape index (κ2) is 7.92. The van der Waals surface area contributed by atoms with Gasteiger partial charge in [0.15, 0.2) is 5.60 Å². The third-order valence-corrected chi connectivity index (χ3v) is 6.05. The monoisotopic (exact) mass is 361 g/mol. The van der Waals surface area contributed by atoms with E-state index in [1.165, 1.54) is 38.6 Å². The first kappa shape index (κ1) is 18.5. The predicted molar refractivity (Wildman–Crippen MR) is 103 cm³/mol. The number of carbonyl (C=O) groups is 1. The highest BCUT2D eigenvalue weighted by Crippen LogP contribution is 2.39.